The first-order valence-electron chi connectivity index (χ1n) is 5.35. The number of halogens is 3. The Balaban J connectivity index is 2.12. The second-order valence-electron chi connectivity index (χ2n) is 3.73. The zero-order valence-electron chi connectivity index (χ0n) is 9.46. The molecule has 0 aliphatic carbocycles. The lowest BCUT2D eigenvalue weighted by atomic mass is 10.2. The Bertz CT molecular complexity index is 390. The number of aromatic carboxylic acids is 1. The largest absolute Gasteiger partial charge is 0.476 e. The highest BCUT2D eigenvalue weighted by atomic mass is 19.4. The van der Waals surface area contributed by atoms with Gasteiger partial charge in [-0.2, -0.15) is 13.2 Å². The number of aromatic nitrogens is 1. The summed E-state index contributed by atoms with van der Waals surface area (Å²) in [4.78, 5) is 10.5. The Morgan fingerprint density at radius 1 is 1.44 bits per heavy atom. The summed E-state index contributed by atoms with van der Waals surface area (Å²) < 4.78 is 40.1. The fraction of sp³-hybridized carbons (Fsp3) is 0.600. The van der Waals surface area contributed by atoms with Crippen molar-refractivity contribution in [3.8, 4) is 0 Å². The molecule has 1 aromatic rings. The number of carbonyl (C=O) groups is 1. The van der Waals surface area contributed by atoms with Crippen LogP contribution in [-0.2, 0) is 6.54 Å². The van der Waals surface area contributed by atoms with E-state index in [4.69, 9.17) is 9.63 Å². The molecule has 1 heterocycles. The van der Waals surface area contributed by atoms with Crippen LogP contribution in [0.15, 0.2) is 10.6 Å². The minimum atomic E-state index is -4.11. The van der Waals surface area contributed by atoms with Gasteiger partial charge in [0.15, 0.2) is 11.5 Å². The van der Waals surface area contributed by atoms with Crippen LogP contribution >= 0.6 is 0 Å². The molecule has 1 rings (SSSR count). The minimum Gasteiger partial charge on any atom is -0.476 e. The average molecular weight is 266 g/mol. The molecule has 18 heavy (non-hydrogen) atoms. The molecule has 0 aliphatic rings. The Labute approximate surface area is 101 Å². The standard InChI is InChI=1S/C10H13F3N2O3/c11-10(12,13)3-1-2-4-14-6-7-5-8(9(16)17)15-18-7/h5,14H,1-4,6H2,(H,16,17). The van der Waals surface area contributed by atoms with Gasteiger partial charge in [-0.25, -0.2) is 4.79 Å². The minimum absolute atomic E-state index is 0.0628. The summed E-state index contributed by atoms with van der Waals surface area (Å²) >= 11 is 0. The van der Waals surface area contributed by atoms with Gasteiger partial charge >= 0.3 is 12.1 Å². The molecule has 0 saturated carbocycles. The van der Waals surface area contributed by atoms with E-state index in [1.165, 1.54) is 6.07 Å². The third-order valence-corrected chi connectivity index (χ3v) is 2.14. The van der Waals surface area contributed by atoms with Crippen molar-refractivity contribution >= 4 is 5.97 Å². The summed E-state index contributed by atoms with van der Waals surface area (Å²) in [5.74, 6) is -0.849. The molecule has 0 amide bonds. The second-order valence-corrected chi connectivity index (χ2v) is 3.73. The van der Waals surface area contributed by atoms with E-state index in [1.54, 1.807) is 0 Å². The van der Waals surface area contributed by atoms with Gasteiger partial charge in [0, 0.05) is 12.5 Å². The number of carboxylic acid groups (broad SMARTS) is 1. The molecule has 2 N–H and O–H groups in total. The third-order valence-electron chi connectivity index (χ3n) is 2.14. The SMILES string of the molecule is O=C(O)c1cc(CNCCCCC(F)(F)F)on1. The molecular formula is C10H13F3N2O3. The van der Waals surface area contributed by atoms with Crippen molar-refractivity contribution in [1.82, 2.24) is 10.5 Å². The van der Waals surface area contributed by atoms with Crippen molar-refractivity contribution in [2.75, 3.05) is 6.54 Å². The smallest absolute Gasteiger partial charge is 0.389 e. The number of unbranched alkanes of at least 4 members (excludes halogenated alkanes) is 1. The lowest BCUT2D eigenvalue weighted by molar-refractivity contribution is -0.135. The van der Waals surface area contributed by atoms with E-state index >= 15 is 0 Å². The summed E-state index contributed by atoms with van der Waals surface area (Å²) in [5, 5.41) is 14.7. The summed E-state index contributed by atoms with van der Waals surface area (Å²) in [6, 6.07) is 1.27. The zero-order valence-corrected chi connectivity index (χ0v) is 9.46. The molecule has 8 heteroatoms. The van der Waals surface area contributed by atoms with Crippen molar-refractivity contribution < 1.29 is 27.6 Å². The van der Waals surface area contributed by atoms with Crippen molar-refractivity contribution in [2.45, 2.75) is 32.0 Å². The van der Waals surface area contributed by atoms with E-state index in [1.807, 2.05) is 0 Å². The Morgan fingerprint density at radius 3 is 2.72 bits per heavy atom. The van der Waals surface area contributed by atoms with Gasteiger partial charge in [-0.05, 0) is 19.4 Å². The van der Waals surface area contributed by atoms with E-state index < -0.39 is 18.6 Å². The van der Waals surface area contributed by atoms with Crippen LogP contribution < -0.4 is 5.32 Å². The van der Waals surface area contributed by atoms with E-state index in [-0.39, 0.29) is 18.7 Å². The highest BCUT2D eigenvalue weighted by Gasteiger charge is 2.25. The van der Waals surface area contributed by atoms with Crippen molar-refractivity contribution in [1.29, 1.82) is 0 Å². The maximum absolute atomic E-state index is 11.8. The van der Waals surface area contributed by atoms with Gasteiger partial charge in [-0.3, -0.25) is 0 Å². The summed E-state index contributed by atoms with van der Waals surface area (Å²) in [6.07, 6.45) is -4.45. The number of alkyl halides is 3. The van der Waals surface area contributed by atoms with Crippen LogP contribution in [0.2, 0.25) is 0 Å². The molecule has 1 aromatic heterocycles. The second kappa shape index (κ2) is 6.39. The van der Waals surface area contributed by atoms with Crippen LogP contribution in [0.4, 0.5) is 13.2 Å². The molecule has 0 saturated heterocycles. The van der Waals surface area contributed by atoms with Gasteiger partial charge in [-0.15, -0.1) is 0 Å². The average Bonchev–Trinajstić information content (AvgIpc) is 2.70. The molecule has 0 aromatic carbocycles. The number of hydrogen-bond acceptors (Lipinski definition) is 4. The first kappa shape index (κ1) is 14.5. The van der Waals surface area contributed by atoms with Crippen molar-refractivity contribution in [3.05, 3.63) is 17.5 Å². The Morgan fingerprint density at radius 2 is 2.17 bits per heavy atom. The number of carboxylic acids is 1. The highest BCUT2D eigenvalue weighted by Crippen LogP contribution is 2.21. The summed E-state index contributed by atoms with van der Waals surface area (Å²) in [5.41, 5.74) is -0.191. The van der Waals surface area contributed by atoms with Crippen molar-refractivity contribution in [2.24, 2.45) is 0 Å². The van der Waals surface area contributed by atoms with E-state index in [2.05, 4.69) is 10.5 Å². The molecule has 102 valence electrons. The van der Waals surface area contributed by atoms with Crippen LogP contribution in [0.5, 0.6) is 0 Å². The van der Waals surface area contributed by atoms with Gasteiger partial charge in [0.05, 0.1) is 6.54 Å². The van der Waals surface area contributed by atoms with Crippen LogP contribution in [0.1, 0.15) is 35.5 Å². The Kier molecular flexibility index (Phi) is 5.14. The molecule has 0 atom stereocenters. The van der Waals surface area contributed by atoms with Gasteiger partial charge in [0.1, 0.15) is 0 Å². The molecule has 0 radical (unpaired) electrons. The molecule has 0 bridgehead atoms. The highest BCUT2D eigenvalue weighted by molar-refractivity contribution is 5.85. The predicted octanol–water partition coefficient (Wildman–Crippen LogP) is 2.20. The van der Waals surface area contributed by atoms with Gasteiger partial charge in [0.25, 0.3) is 0 Å². The molecule has 0 fully saturated rings. The maximum Gasteiger partial charge on any atom is 0.389 e. The molecule has 0 aliphatic heterocycles. The molecular weight excluding hydrogens is 253 g/mol. The van der Waals surface area contributed by atoms with Crippen molar-refractivity contribution in [3.63, 3.8) is 0 Å². The third kappa shape index (κ3) is 5.67. The lowest BCUT2D eigenvalue weighted by Gasteiger charge is -2.05. The number of rotatable bonds is 7. The number of nitrogens with one attached hydrogen (secondary N) is 1. The van der Waals surface area contributed by atoms with E-state index in [0.29, 0.717) is 18.7 Å². The van der Waals surface area contributed by atoms with E-state index in [0.717, 1.165) is 0 Å². The number of nitrogens with zero attached hydrogens (tertiary/aromatic N) is 1. The quantitative estimate of drug-likeness (QED) is 0.740. The molecule has 0 spiro atoms. The van der Waals surface area contributed by atoms with Gasteiger partial charge in [-0.1, -0.05) is 5.16 Å². The molecule has 0 unspecified atom stereocenters. The summed E-state index contributed by atoms with van der Waals surface area (Å²) in [7, 11) is 0. The first-order chi connectivity index (χ1) is 8.38. The number of hydrogen-bond donors (Lipinski definition) is 2. The lowest BCUT2D eigenvalue weighted by Crippen LogP contribution is -2.15. The topological polar surface area (TPSA) is 75.4 Å². The maximum atomic E-state index is 11.8. The zero-order chi connectivity index (χ0) is 13.6. The predicted molar refractivity (Wildman–Crippen MR) is 55.1 cm³/mol. The van der Waals surface area contributed by atoms with Gasteiger partial charge < -0.3 is 14.9 Å². The first-order valence-corrected chi connectivity index (χ1v) is 5.35. The van der Waals surface area contributed by atoms with Gasteiger partial charge in [0.2, 0.25) is 0 Å². The van der Waals surface area contributed by atoms with Crippen LogP contribution in [-0.4, -0.2) is 29.0 Å². The monoisotopic (exact) mass is 266 g/mol. The fourth-order valence-electron chi connectivity index (χ4n) is 1.28. The van der Waals surface area contributed by atoms with Crippen LogP contribution in [0.25, 0.3) is 0 Å². The van der Waals surface area contributed by atoms with Crippen LogP contribution in [0.3, 0.4) is 0 Å². The van der Waals surface area contributed by atoms with E-state index in [9.17, 15) is 18.0 Å². The molecule has 5 nitrogen and oxygen atoms in total. The fourth-order valence-corrected chi connectivity index (χ4v) is 1.28. The van der Waals surface area contributed by atoms with Crippen LogP contribution in [0, 0.1) is 0 Å². The summed E-state index contributed by atoms with van der Waals surface area (Å²) in [6.45, 7) is 0.644. The Hall–Kier alpha value is -1.57. The normalized spacial score (nSPS) is 11.7.